The summed E-state index contributed by atoms with van der Waals surface area (Å²) in [5, 5.41) is 13.8. The van der Waals surface area contributed by atoms with Crippen LogP contribution in [0.25, 0.3) is 11.1 Å². The predicted octanol–water partition coefficient (Wildman–Crippen LogP) is 2.28. The number of hydrogen-bond acceptors (Lipinski definition) is 14. The van der Waals surface area contributed by atoms with Gasteiger partial charge >= 0.3 is 12.1 Å². The molecule has 0 bridgehead atoms. The van der Waals surface area contributed by atoms with Crippen LogP contribution in [0.2, 0.25) is 0 Å². The first-order valence-corrected chi connectivity index (χ1v) is 19.4. The molecule has 17 heteroatoms. The average Bonchev–Trinajstić information content (AvgIpc) is 3.53. The number of carbonyl (C=O) groups excluding carboxylic acids is 2. The maximum atomic E-state index is 12.3. The zero-order valence-corrected chi connectivity index (χ0v) is 32.8. The first-order valence-electron chi connectivity index (χ1n) is 19.4. The van der Waals surface area contributed by atoms with Crippen molar-refractivity contribution in [3.05, 3.63) is 59.7 Å². The van der Waals surface area contributed by atoms with E-state index in [9.17, 15) is 14.4 Å². The molecule has 0 fully saturated rings. The minimum absolute atomic E-state index is 0.0411. The van der Waals surface area contributed by atoms with Crippen molar-refractivity contribution in [2.45, 2.75) is 12.3 Å². The lowest BCUT2D eigenvalue weighted by molar-refractivity contribution is -0.143. The number of carbonyl (C=O) groups is 3. The topological polar surface area (TPSA) is 197 Å². The Balaban J connectivity index is 0.942. The normalized spacial score (nSPS) is 12.0. The van der Waals surface area contributed by atoms with Gasteiger partial charge in [-0.2, -0.15) is 0 Å². The standard InChI is InChI=1S/C40H60N2O15/c43-38(31-56-32-39(44)45)41-11-13-48-15-17-50-19-21-52-23-25-54-27-29-55-28-26-53-24-22-51-20-18-49-16-14-47-12-5-10-42-40(46)57-30-37-35-8-3-1-6-33(35)34-7-2-4-9-36(34)37/h1-4,6-9,37H,5,10-32H2,(H,41,43)(H,42,46)(H,44,45). The molecule has 0 spiro atoms. The summed E-state index contributed by atoms with van der Waals surface area (Å²) in [5.41, 5.74) is 4.78. The molecule has 57 heavy (non-hydrogen) atoms. The maximum Gasteiger partial charge on any atom is 0.407 e. The minimum Gasteiger partial charge on any atom is -0.480 e. The van der Waals surface area contributed by atoms with E-state index in [1.807, 2.05) is 24.3 Å². The van der Waals surface area contributed by atoms with Gasteiger partial charge in [-0.25, -0.2) is 9.59 Å². The fourth-order valence-electron chi connectivity index (χ4n) is 5.42. The quantitative estimate of drug-likeness (QED) is 0.0841. The van der Waals surface area contributed by atoms with Crippen molar-refractivity contribution >= 4 is 18.0 Å². The Hall–Kier alpha value is -3.75. The second-order valence-electron chi connectivity index (χ2n) is 12.4. The van der Waals surface area contributed by atoms with Gasteiger partial charge in [-0.05, 0) is 28.7 Å². The van der Waals surface area contributed by atoms with Gasteiger partial charge in [0.1, 0.15) is 19.8 Å². The van der Waals surface area contributed by atoms with Crippen molar-refractivity contribution in [3.63, 3.8) is 0 Å². The number of amides is 2. The molecule has 2 amide bonds. The number of alkyl carbamates (subject to hydrolysis) is 1. The number of carboxylic acids is 1. The molecule has 0 atom stereocenters. The van der Waals surface area contributed by atoms with Gasteiger partial charge in [0.2, 0.25) is 5.91 Å². The lowest BCUT2D eigenvalue weighted by atomic mass is 9.98. The molecule has 1 aliphatic carbocycles. The molecule has 17 nitrogen and oxygen atoms in total. The summed E-state index contributed by atoms with van der Waals surface area (Å²) in [4.78, 5) is 34.0. The van der Waals surface area contributed by atoms with E-state index in [1.165, 1.54) is 22.3 Å². The summed E-state index contributed by atoms with van der Waals surface area (Å²) in [6.45, 7) is 8.25. The lowest BCUT2D eigenvalue weighted by Gasteiger charge is -2.14. The Morgan fingerprint density at radius 3 is 1.32 bits per heavy atom. The Bertz CT molecular complexity index is 1320. The third kappa shape index (κ3) is 22.7. The molecule has 0 heterocycles. The molecule has 1 aliphatic rings. The van der Waals surface area contributed by atoms with E-state index >= 15 is 0 Å². The highest BCUT2D eigenvalue weighted by Gasteiger charge is 2.29. The highest BCUT2D eigenvalue weighted by Crippen LogP contribution is 2.44. The van der Waals surface area contributed by atoms with Gasteiger partial charge in [0, 0.05) is 25.6 Å². The molecule has 0 saturated carbocycles. The summed E-state index contributed by atoms with van der Waals surface area (Å²) in [5.74, 6) is -1.49. The molecule has 0 unspecified atom stereocenters. The average molecular weight is 809 g/mol. The first kappa shape index (κ1) is 47.6. The molecule has 0 aliphatic heterocycles. The van der Waals surface area contributed by atoms with E-state index in [0.717, 1.165) is 0 Å². The Labute approximate surface area is 334 Å². The van der Waals surface area contributed by atoms with Crippen molar-refractivity contribution < 1.29 is 71.6 Å². The summed E-state index contributed by atoms with van der Waals surface area (Å²) in [7, 11) is 0. The number of rotatable bonds is 37. The van der Waals surface area contributed by atoms with E-state index in [1.54, 1.807) is 0 Å². The fraction of sp³-hybridized carbons (Fsp3) is 0.625. The van der Waals surface area contributed by atoms with Crippen LogP contribution in [-0.2, 0) is 61.7 Å². The smallest absolute Gasteiger partial charge is 0.407 e. The van der Waals surface area contributed by atoms with Crippen molar-refractivity contribution in [3.8, 4) is 11.1 Å². The van der Waals surface area contributed by atoms with Crippen LogP contribution >= 0.6 is 0 Å². The van der Waals surface area contributed by atoms with E-state index in [0.29, 0.717) is 145 Å². The van der Waals surface area contributed by atoms with Gasteiger partial charge in [0.15, 0.2) is 0 Å². The van der Waals surface area contributed by atoms with Crippen LogP contribution in [-0.4, -0.2) is 175 Å². The number of ether oxygens (including phenoxy) is 11. The van der Waals surface area contributed by atoms with Crippen LogP contribution in [0.15, 0.2) is 48.5 Å². The molecular weight excluding hydrogens is 748 g/mol. The van der Waals surface area contributed by atoms with Crippen molar-refractivity contribution in [1.82, 2.24) is 10.6 Å². The molecule has 0 aromatic heterocycles. The Kier molecular flexibility index (Phi) is 26.9. The minimum atomic E-state index is -1.13. The number of fused-ring (bicyclic) bond motifs is 3. The second-order valence-corrected chi connectivity index (χ2v) is 12.4. The molecule has 2 aromatic rings. The zero-order valence-electron chi connectivity index (χ0n) is 32.8. The van der Waals surface area contributed by atoms with Crippen molar-refractivity contribution in [2.75, 3.05) is 152 Å². The van der Waals surface area contributed by atoms with Crippen molar-refractivity contribution in [2.24, 2.45) is 0 Å². The third-order valence-corrected chi connectivity index (χ3v) is 8.08. The molecule has 0 radical (unpaired) electrons. The zero-order chi connectivity index (χ0) is 40.4. The fourth-order valence-corrected chi connectivity index (χ4v) is 5.42. The molecule has 2 aromatic carbocycles. The van der Waals surface area contributed by atoms with Crippen LogP contribution in [0.1, 0.15) is 23.5 Å². The van der Waals surface area contributed by atoms with Crippen LogP contribution < -0.4 is 10.6 Å². The van der Waals surface area contributed by atoms with Gasteiger partial charge < -0.3 is 67.8 Å². The number of nitrogens with one attached hydrogen (secondary N) is 2. The SMILES string of the molecule is O=C(O)COCC(=O)NCCOCCOCCOCCOCCOCCOCCOCCOCCOCCCNC(=O)OCC1c2ccccc2-c2ccccc21. The van der Waals surface area contributed by atoms with Crippen LogP contribution in [0.5, 0.6) is 0 Å². The van der Waals surface area contributed by atoms with Crippen molar-refractivity contribution in [1.29, 1.82) is 0 Å². The summed E-state index contributed by atoms with van der Waals surface area (Å²) < 4.78 is 59.4. The Morgan fingerprint density at radius 2 is 0.877 bits per heavy atom. The van der Waals surface area contributed by atoms with Gasteiger partial charge in [-0.15, -0.1) is 0 Å². The number of aliphatic carboxylic acids is 1. The molecule has 320 valence electrons. The maximum absolute atomic E-state index is 12.3. The van der Waals surface area contributed by atoms with E-state index < -0.39 is 24.6 Å². The van der Waals surface area contributed by atoms with Crippen LogP contribution in [0.3, 0.4) is 0 Å². The third-order valence-electron chi connectivity index (χ3n) is 8.08. The first-order chi connectivity index (χ1) is 28.1. The molecular formula is C40H60N2O15. The lowest BCUT2D eigenvalue weighted by Crippen LogP contribution is -2.31. The van der Waals surface area contributed by atoms with Gasteiger partial charge in [0.05, 0.1) is 112 Å². The van der Waals surface area contributed by atoms with Gasteiger partial charge in [0.25, 0.3) is 0 Å². The largest absolute Gasteiger partial charge is 0.480 e. The van der Waals surface area contributed by atoms with Gasteiger partial charge in [-0.3, -0.25) is 4.79 Å². The number of carboxylic acid groups (broad SMARTS) is 1. The molecule has 3 N–H and O–H groups in total. The predicted molar refractivity (Wildman–Crippen MR) is 207 cm³/mol. The van der Waals surface area contributed by atoms with Crippen LogP contribution in [0, 0.1) is 0 Å². The molecule has 3 rings (SSSR count). The summed E-state index contributed by atoms with van der Waals surface area (Å²) >= 11 is 0. The van der Waals surface area contributed by atoms with E-state index in [4.69, 9.17) is 52.5 Å². The van der Waals surface area contributed by atoms with E-state index in [-0.39, 0.29) is 12.5 Å². The monoisotopic (exact) mass is 808 g/mol. The second kappa shape index (κ2) is 32.2. The Morgan fingerprint density at radius 1 is 0.474 bits per heavy atom. The highest BCUT2D eigenvalue weighted by atomic mass is 16.6. The summed E-state index contributed by atoms with van der Waals surface area (Å²) in [6, 6.07) is 16.5. The highest BCUT2D eigenvalue weighted by molar-refractivity contribution is 5.79. The van der Waals surface area contributed by atoms with Crippen LogP contribution in [0.4, 0.5) is 4.79 Å². The summed E-state index contributed by atoms with van der Waals surface area (Å²) in [6.07, 6.45) is 0.249. The number of hydrogen-bond donors (Lipinski definition) is 3. The molecule has 0 saturated heterocycles. The number of benzene rings is 2. The van der Waals surface area contributed by atoms with Gasteiger partial charge in [-0.1, -0.05) is 48.5 Å². The van der Waals surface area contributed by atoms with E-state index in [2.05, 4.69) is 39.6 Å².